The van der Waals surface area contributed by atoms with Crippen LogP contribution < -0.4 is 9.88 Å². The molecule has 0 aliphatic heterocycles. The fourth-order valence-corrected chi connectivity index (χ4v) is 4.23. The summed E-state index contributed by atoms with van der Waals surface area (Å²) in [6.45, 7) is 8.64. The molecule has 1 aliphatic rings. The van der Waals surface area contributed by atoms with E-state index in [4.69, 9.17) is 9.40 Å². The fraction of sp³-hybridized carbons (Fsp3) is 0.316. The van der Waals surface area contributed by atoms with Crippen molar-refractivity contribution in [3.8, 4) is 10.8 Å². The van der Waals surface area contributed by atoms with Crippen LogP contribution in [0.25, 0.3) is 32.9 Å². The Balaban J connectivity index is 2.00. The van der Waals surface area contributed by atoms with E-state index in [1.165, 1.54) is 37.5 Å². The second-order valence-corrected chi connectivity index (χ2v) is 7.31. The number of fused-ring (bicyclic) bond motifs is 2. The van der Waals surface area contributed by atoms with Gasteiger partial charge in [0.25, 0.3) is 0 Å². The first kappa shape index (κ1) is 13.8. The van der Waals surface area contributed by atoms with Crippen LogP contribution in [0.2, 0.25) is 0 Å². The van der Waals surface area contributed by atoms with Crippen LogP contribution in [0.5, 0.6) is 0 Å². The molecular formula is C19H19NOS. The van der Waals surface area contributed by atoms with Gasteiger partial charge in [0.2, 0.25) is 0 Å². The molecule has 1 aliphatic carbocycles. The standard InChI is InChI=1S/C19H19NOS/c1-10-5-7-12(3)17-14(10)9-15(21-17)19-20-16-11(2)6-8-13(4)18(16)22-19/h5,7,9H,6,8H2,1-4H3. The van der Waals surface area contributed by atoms with Crippen molar-refractivity contribution in [2.24, 2.45) is 0 Å². The van der Waals surface area contributed by atoms with Crippen molar-refractivity contribution in [3.05, 3.63) is 39.2 Å². The zero-order chi connectivity index (χ0) is 15.4. The molecule has 3 heteroatoms. The van der Waals surface area contributed by atoms with Crippen molar-refractivity contribution in [1.82, 2.24) is 4.98 Å². The summed E-state index contributed by atoms with van der Waals surface area (Å²) in [6, 6.07) is 6.42. The number of hydrogen-bond acceptors (Lipinski definition) is 3. The third-order valence-electron chi connectivity index (χ3n) is 4.60. The average Bonchev–Trinajstić information content (AvgIpc) is 3.12. The van der Waals surface area contributed by atoms with Crippen LogP contribution in [-0.2, 0) is 0 Å². The number of benzene rings is 1. The SMILES string of the molecule is CC1=c2nc(-c3cc4c(C)ccc(C)c4o3)sc2=C(C)CC1. The third kappa shape index (κ3) is 1.96. The van der Waals surface area contributed by atoms with E-state index in [1.807, 2.05) is 0 Å². The summed E-state index contributed by atoms with van der Waals surface area (Å²) in [5.41, 5.74) is 6.27. The van der Waals surface area contributed by atoms with Crippen LogP contribution in [0.3, 0.4) is 0 Å². The zero-order valence-corrected chi connectivity index (χ0v) is 14.2. The highest BCUT2D eigenvalue weighted by atomic mass is 32.1. The summed E-state index contributed by atoms with van der Waals surface area (Å²) in [7, 11) is 0. The molecule has 0 fully saturated rings. The molecule has 0 spiro atoms. The van der Waals surface area contributed by atoms with Crippen LogP contribution in [0.4, 0.5) is 0 Å². The number of thiazole rings is 1. The van der Waals surface area contributed by atoms with Crippen LogP contribution in [0.1, 0.15) is 37.8 Å². The molecule has 0 amide bonds. The molecule has 4 rings (SSSR count). The Bertz CT molecular complexity index is 941. The van der Waals surface area contributed by atoms with Crippen molar-refractivity contribution >= 4 is 33.5 Å². The van der Waals surface area contributed by atoms with Crippen molar-refractivity contribution in [1.29, 1.82) is 0 Å². The Morgan fingerprint density at radius 1 is 1.00 bits per heavy atom. The molecule has 0 saturated heterocycles. The Hall–Kier alpha value is -1.87. The first-order chi connectivity index (χ1) is 10.5. The maximum absolute atomic E-state index is 6.14. The van der Waals surface area contributed by atoms with Crippen LogP contribution in [0.15, 0.2) is 22.6 Å². The molecule has 3 aromatic rings. The lowest BCUT2D eigenvalue weighted by atomic mass is 10.0. The van der Waals surface area contributed by atoms with Crippen molar-refractivity contribution in [3.63, 3.8) is 0 Å². The van der Waals surface area contributed by atoms with Crippen molar-refractivity contribution in [2.75, 3.05) is 0 Å². The summed E-state index contributed by atoms with van der Waals surface area (Å²) < 4.78 is 7.48. The number of nitrogens with zero attached hydrogens (tertiary/aromatic N) is 1. The van der Waals surface area contributed by atoms with Gasteiger partial charge in [-0.15, -0.1) is 11.3 Å². The Morgan fingerprint density at radius 2 is 1.73 bits per heavy atom. The van der Waals surface area contributed by atoms with Crippen LogP contribution in [-0.4, -0.2) is 4.98 Å². The van der Waals surface area contributed by atoms with E-state index in [0.29, 0.717) is 0 Å². The number of aryl methyl sites for hydroxylation is 2. The van der Waals surface area contributed by atoms with Gasteiger partial charge in [0.05, 0.1) is 9.88 Å². The fourth-order valence-electron chi connectivity index (χ4n) is 3.11. The molecule has 112 valence electrons. The maximum atomic E-state index is 6.14. The topological polar surface area (TPSA) is 26.0 Å². The molecule has 0 unspecified atom stereocenters. The molecule has 22 heavy (non-hydrogen) atoms. The van der Waals surface area contributed by atoms with E-state index in [1.54, 1.807) is 11.3 Å². The Labute approximate surface area is 133 Å². The van der Waals surface area contributed by atoms with E-state index in [-0.39, 0.29) is 0 Å². The molecule has 0 atom stereocenters. The van der Waals surface area contributed by atoms with E-state index in [9.17, 15) is 0 Å². The summed E-state index contributed by atoms with van der Waals surface area (Å²) in [5, 5.41) is 3.38. The molecule has 0 radical (unpaired) electrons. The molecule has 0 saturated carbocycles. The van der Waals surface area contributed by atoms with Gasteiger partial charge in [0.1, 0.15) is 5.58 Å². The monoisotopic (exact) mass is 309 g/mol. The second kappa shape index (κ2) is 4.82. The lowest BCUT2D eigenvalue weighted by Crippen LogP contribution is -2.28. The van der Waals surface area contributed by atoms with Crippen LogP contribution >= 0.6 is 11.3 Å². The Morgan fingerprint density at radius 3 is 2.45 bits per heavy atom. The molecule has 0 N–H and O–H groups in total. The zero-order valence-electron chi connectivity index (χ0n) is 13.4. The molecule has 1 aromatic carbocycles. The first-order valence-electron chi connectivity index (χ1n) is 7.71. The van der Waals surface area contributed by atoms with Gasteiger partial charge in [-0.25, -0.2) is 4.98 Å². The predicted molar refractivity (Wildman–Crippen MR) is 93.4 cm³/mol. The molecule has 0 bridgehead atoms. The van der Waals surface area contributed by atoms with Crippen molar-refractivity contribution < 1.29 is 4.42 Å². The van der Waals surface area contributed by atoms with Gasteiger partial charge in [-0.05, 0) is 63.3 Å². The second-order valence-electron chi connectivity index (χ2n) is 6.31. The minimum absolute atomic E-state index is 0.896. The lowest BCUT2D eigenvalue weighted by Gasteiger charge is -2.05. The van der Waals surface area contributed by atoms with Gasteiger partial charge < -0.3 is 4.42 Å². The number of furan rings is 1. The normalized spacial score (nSPS) is 14.7. The van der Waals surface area contributed by atoms with Crippen molar-refractivity contribution in [2.45, 2.75) is 40.5 Å². The largest absolute Gasteiger partial charge is 0.453 e. The van der Waals surface area contributed by atoms with Gasteiger partial charge in [-0.3, -0.25) is 0 Å². The number of rotatable bonds is 1. The molecule has 2 aromatic heterocycles. The van der Waals surface area contributed by atoms with Gasteiger partial charge in [0, 0.05) is 5.39 Å². The smallest absolute Gasteiger partial charge is 0.164 e. The molecule has 2 heterocycles. The first-order valence-corrected chi connectivity index (χ1v) is 8.53. The number of aromatic nitrogens is 1. The molecule has 2 nitrogen and oxygen atoms in total. The van der Waals surface area contributed by atoms with Gasteiger partial charge in [-0.1, -0.05) is 17.7 Å². The van der Waals surface area contributed by atoms with Gasteiger partial charge in [0.15, 0.2) is 10.8 Å². The third-order valence-corrected chi connectivity index (χ3v) is 5.83. The van der Waals surface area contributed by atoms with Crippen LogP contribution in [0, 0.1) is 13.8 Å². The van der Waals surface area contributed by atoms with Gasteiger partial charge in [-0.2, -0.15) is 0 Å². The number of hydrogen-bond donors (Lipinski definition) is 0. The summed E-state index contributed by atoms with van der Waals surface area (Å²) in [4.78, 5) is 4.87. The highest BCUT2D eigenvalue weighted by Crippen LogP contribution is 2.32. The van der Waals surface area contributed by atoms with E-state index < -0.39 is 0 Å². The summed E-state index contributed by atoms with van der Waals surface area (Å²) in [5.74, 6) is 0.896. The van der Waals surface area contributed by atoms with E-state index >= 15 is 0 Å². The van der Waals surface area contributed by atoms with E-state index in [0.717, 1.165) is 29.2 Å². The Kier molecular flexibility index (Phi) is 3.01. The maximum Gasteiger partial charge on any atom is 0.164 e. The average molecular weight is 309 g/mol. The minimum atomic E-state index is 0.896. The quantitative estimate of drug-likeness (QED) is 0.669. The predicted octanol–water partition coefficient (Wildman–Crippen LogP) is 4.31. The molecular weight excluding hydrogens is 290 g/mol. The minimum Gasteiger partial charge on any atom is -0.453 e. The lowest BCUT2D eigenvalue weighted by molar-refractivity contribution is 0.628. The van der Waals surface area contributed by atoms with E-state index in [2.05, 4.69) is 45.9 Å². The van der Waals surface area contributed by atoms with Gasteiger partial charge >= 0.3 is 0 Å². The highest BCUT2D eigenvalue weighted by Gasteiger charge is 2.16. The summed E-state index contributed by atoms with van der Waals surface area (Å²) >= 11 is 1.76. The summed E-state index contributed by atoms with van der Waals surface area (Å²) in [6.07, 6.45) is 2.28. The highest BCUT2D eigenvalue weighted by molar-refractivity contribution is 7.13.